The number of benzene rings is 3. The molecule has 0 unspecified atom stereocenters. The first-order valence-electron chi connectivity index (χ1n) is 9.23. The number of carbonyl (C=O) groups is 2. The molecule has 3 aromatic rings. The molecule has 0 bridgehead atoms. The van der Waals surface area contributed by atoms with Crippen molar-refractivity contribution in [2.24, 2.45) is 11.7 Å². The SMILES string of the molecule is C[C@H](Cc1cccc(-c2cc(Cc3ccccc3)ccc2C(N)=O)c1)C(=O)O. The number of nitrogens with two attached hydrogens (primary N) is 1. The summed E-state index contributed by atoms with van der Waals surface area (Å²) < 4.78 is 0. The molecule has 0 aliphatic heterocycles. The minimum atomic E-state index is -0.826. The second-order valence-corrected chi connectivity index (χ2v) is 7.05. The number of carbonyl (C=O) groups excluding carboxylic acids is 1. The summed E-state index contributed by atoms with van der Waals surface area (Å²) in [5.41, 5.74) is 10.9. The van der Waals surface area contributed by atoms with Crippen molar-refractivity contribution in [2.45, 2.75) is 19.8 Å². The standard InChI is InChI=1S/C24H23NO3/c1-16(24(27)28)12-18-8-5-9-20(14-18)22-15-19(10-11-21(22)23(25)26)13-17-6-3-2-4-7-17/h2-11,14-16H,12-13H2,1H3,(H2,25,26)(H,27,28)/t16-/m1/s1. The van der Waals surface area contributed by atoms with Crippen LogP contribution in [0.15, 0.2) is 72.8 Å². The molecule has 0 radical (unpaired) electrons. The molecule has 4 nitrogen and oxygen atoms in total. The Balaban J connectivity index is 1.98. The van der Waals surface area contributed by atoms with Crippen molar-refractivity contribution in [3.05, 3.63) is 95.1 Å². The van der Waals surface area contributed by atoms with Crippen LogP contribution in [-0.2, 0) is 17.6 Å². The van der Waals surface area contributed by atoms with E-state index in [9.17, 15) is 9.59 Å². The number of amides is 1. The number of primary amides is 1. The van der Waals surface area contributed by atoms with Gasteiger partial charge in [-0.3, -0.25) is 9.59 Å². The van der Waals surface area contributed by atoms with Crippen molar-refractivity contribution in [2.75, 3.05) is 0 Å². The number of hydrogen-bond acceptors (Lipinski definition) is 2. The first-order valence-corrected chi connectivity index (χ1v) is 9.23. The Morgan fingerprint density at radius 1 is 0.893 bits per heavy atom. The summed E-state index contributed by atoms with van der Waals surface area (Å²) >= 11 is 0. The molecule has 3 aromatic carbocycles. The van der Waals surface area contributed by atoms with E-state index in [0.717, 1.165) is 28.7 Å². The molecule has 3 N–H and O–H groups in total. The molecule has 28 heavy (non-hydrogen) atoms. The summed E-state index contributed by atoms with van der Waals surface area (Å²) in [4.78, 5) is 23.1. The van der Waals surface area contributed by atoms with Gasteiger partial charge in [-0.2, -0.15) is 0 Å². The zero-order chi connectivity index (χ0) is 20.1. The van der Waals surface area contributed by atoms with E-state index in [1.54, 1.807) is 13.0 Å². The molecule has 1 atom stereocenters. The van der Waals surface area contributed by atoms with Gasteiger partial charge in [-0.25, -0.2) is 0 Å². The monoisotopic (exact) mass is 373 g/mol. The fraction of sp³-hybridized carbons (Fsp3) is 0.167. The van der Waals surface area contributed by atoms with Gasteiger partial charge in [0.2, 0.25) is 5.91 Å². The van der Waals surface area contributed by atoms with Gasteiger partial charge in [-0.05, 0) is 46.7 Å². The lowest BCUT2D eigenvalue weighted by atomic mass is 9.92. The molecule has 0 saturated carbocycles. The quantitative estimate of drug-likeness (QED) is 0.648. The summed E-state index contributed by atoms with van der Waals surface area (Å²) in [6.07, 6.45) is 1.18. The van der Waals surface area contributed by atoms with Crippen LogP contribution in [0.3, 0.4) is 0 Å². The van der Waals surface area contributed by atoms with Crippen LogP contribution in [0.5, 0.6) is 0 Å². The summed E-state index contributed by atoms with van der Waals surface area (Å²) in [5.74, 6) is -1.78. The molecule has 0 saturated heterocycles. The number of carboxylic acids is 1. The molecule has 142 valence electrons. The highest BCUT2D eigenvalue weighted by molar-refractivity contribution is 6.00. The van der Waals surface area contributed by atoms with Gasteiger partial charge in [0.15, 0.2) is 0 Å². The Kier molecular flexibility index (Phi) is 5.90. The van der Waals surface area contributed by atoms with Crippen LogP contribution < -0.4 is 5.73 Å². The molecule has 0 heterocycles. The van der Waals surface area contributed by atoms with Crippen LogP contribution in [0.2, 0.25) is 0 Å². The fourth-order valence-corrected chi connectivity index (χ4v) is 3.29. The van der Waals surface area contributed by atoms with E-state index in [1.165, 1.54) is 5.56 Å². The van der Waals surface area contributed by atoms with Crippen LogP contribution in [-0.4, -0.2) is 17.0 Å². The molecule has 0 aliphatic rings. The van der Waals surface area contributed by atoms with Crippen LogP contribution in [0.1, 0.15) is 34.0 Å². The number of hydrogen-bond donors (Lipinski definition) is 2. The highest BCUT2D eigenvalue weighted by Gasteiger charge is 2.14. The van der Waals surface area contributed by atoms with E-state index < -0.39 is 17.8 Å². The smallest absolute Gasteiger partial charge is 0.306 e. The topological polar surface area (TPSA) is 80.4 Å². The van der Waals surface area contributed by atoms with Gasteiger partial charge in [0, 0.05) is 5.56 Å². The maximum atomic E-state index is 12.0. The van der Waals surface area contributed by atoms with Crippen molar-refractivity contribution in [3.8, 4) is 11.1 Å². The van der Waals surface area contributed by atoms with E-state index in [1.807, 2.05) is 54.6 Å². The lowest BCUT2D eigenvalue weighted by Crippen LogP contribution is -2.13. The van der Waals surface area contributed by atoms with Crippen molar-refractivity contribution >= 4 is 11.9 Å². The van der Waals surface area contributed by atoms with Gasteiger partial charge in [-0.1, -0.05) is 73.7 Å². The van der Waals surface area contributed by atoms with Crippen molar-refractivity contribution in [1.82, 2.24) is 0 Å². The third-order valence-corrected chi connectivity index (χ3v) is 4.80. The van der Waals surface area contributed by atoms with Crippen molar-refractivity contribution in [3.63, 3.8) is 0 Å². The molecule has 0 aromatic heterocycles. The van der Waals surface area contributed by atoms with Gasteiger partial charge in [0.1, 0.15) is 0 Å². The first kappa shape index (κ1) is 19.4. The van der Waals surface area contributed by atoms with E-state index in [0.29, 0.717) is 12.0 Å². The third-order valence-electron chi connectivity index (χ3n) is 4.80. The number of aliphatic carboxylic acids is 1. The molecular weight excluding hydrogens is 350 g/mol. The van der Waals surface area contributed by atoms with Gasteiger partial charge >= 0.3 is 5.97 Å². The molecule has 0 spiro atoms. The Morgan fingerprint density at radius 2 is 1.61 bits per heavy atom. The molecule has 0 aliphatic carbocycles. The predicted octanol–water partition coefficient (Wildman–Crippen LogP) is 4.31. The van der Waals surface area contributed by atoms with Gasteiger partial charge in [-0.15, -0.1) is 0 Å². The van der Waals surface area contributed by atoms with E-state index >= 15 is 0 Å². The Labute approximate surface area is 164 Å². The summed E-state index contributed by atoms with van der Waals surface area (Å²) in [7, 11) is 0. The summed E-state index contributed by atoms with van der Waals surface area (Å²) in [6, 6.07) is 23.4. The van der Waals surface area contributed by atoms with Crippen molar-refractivity contribution < 1.29 is 14.7 Å². The summed E-state index contributed by atoms with van der Waals surface area (Å²) in [5, 5.41) is 9.16. The lowest BCUT2D eigenvalue weighted by Gasteiger charge is -2.13. The normalized spacial score (nSPS) is 11.8. The zero-order valence-corrected chi connectivity index (χ0v) is 15.8. The minimum Gasteiger partial charge on any atom is -0.481 e. The van der Waals surface area contributed by atoms with E-state index in [-0.39, 0.29) is 0 Å². The van der Waals surface area contributed by atoms with Gasteiger partial charge in [0.25, 0.3) is 0 Å². The average molecular weight is 373 g/mol. The van der Waals surface area contributed by atoms with E-state index in [4.69, 9.17) is 10.8 Å². The number of rotatable bonds is 7. The minimum absolute atomic E-state index is 0.429. The maximum Gasteiger partial charge on any atom is 0.306 e. The Hall–Kier alpha value is -3.40. The number of carboxylic acid groups (broad SMARTS) is 1. The lowest BCUT2D eigenvalue weighted by molar-refractivity contribution is -0.141. The third kappa shape index (κ3) is 4.65. The summed E-state index contributed by atoms with van der Waals surface area (Å²) in [6.45, 7) is 1.68. The zero-order valence-electron chi connectivity index (χ0n) is 15.8. The second kappa shape index (κ2) is 8.53. The Bertz CT molecular complexity index is 996. The highest BCUT2D eigenvalue weighted by Crippen LogP contribution is 2.27. The maximum absolute atomic E-state index is 12.0. The van der Waals surface area contributed by atoms with Crippen LogP contribution in [0.25, 0.3) is 11.1 Å². The molecule has 0 fully saturated rings. The fourth-order valence-electron chi connectivity index (χ4n) is 3.29. The van der Waals surface area contributed by atoms with Crippen LogP contribution in [0, 0.1) is 5.92 Å². The van der Waals surface area contributed by atoms with E-state index in [2.05, 4.69) is 12.1 Å². The average Bonchev–Trinajstić information content (AvgIpc) is 2.68. The second-order valence-electron chi connectivity index (χ2n) is 7.05. The van der Waals surface area contributed by atoms with Gasteiger partial charge in [0.05, 0.1) is 5.92 Å². The molecular formula is C24H23NO3. The molecule has 4 heteroatoms. The predicted molar refractivity (Wildman–Crippen MR) is 110 cm³/mol. The highest BCUT2D eigenvalue weighted by atomic mass is 16.4. The van der Waals surface area contributed by atoms with Crippen LogP contribution >= 0.6 is 0 Å². The van der Waals surface area contributed by atoms with Crippen molar-refractivity contribution in [1.29, 1.82) is 0 Å². The van der Waals surface area contributed by atoms with Crippen LogP contribution in [0.4, 0.5) is 0 Å². The largest absolute Gasteiger partial charge is 0.481 e. The first-order chi connectivity index (χ1) is 13.4. The Morgan fingerprint density at radius 3 is 2.29 bits per heavy atom. The molecule has 3 rings (SSSR count). The van der Waals surface area contributed by atoms with Gasteiger partial charge < -0.3 is 10.8 Å². The molecule has 1 amide bonds.